The number of hydrogen-bond acceptors (Lipinski definition) is 2. The molecule has 1 fully saturated rings. The molecule has 3 nitrogen and oxygen atoms in total. The maximum Gasteiger partial charge on any atom is 0.252 e. The molecule has 2 heterocycles. The van der Waals surface area contributed by atoms with Gasteiger partial charge >= 0.3 is 0 Å². The zero-order chi connectivity index (χ0) is 15.0. The van der Waals surface area contributed by atoms with E-state index in [9.17, 15) is 4.79 Å². The number of hydrogen-bond donors (Lipinski definition) is 0. The van der Waals surface area contributed by atoms with Crippen LogP contribution in [0.15, 0.2) is 16.9 Å². The Balaban J connectivity index is 2.32. The van der Waals surface area contributed by atoms with Crippen LogP contribution in [0, 0.1) is 13.8 Å². The van der Waals surface area contributed by atoms with E-state index in [2.05, 4.69) is 18.0 Å². The zero-order valence-electron chi connectivity index (χ0n) is 13.3. The molecule has 0 unspecified atom stereocenters. The molecule has 3 rings (SSSR count). The molecule has 2 aromatic rings. The number of aromatic nitrogens is 2. The van der Waals surface area contributed by atoms with Gasteiger partial charge in [-0.05, 0) is 56.7 Å². The Morgan fingerprint density at radius 3 is 2.57 bits per heavy atom. The summed E-state index contributed by atoms with van der Waals surface area (Å²) in [5.74, 6) is 0.531. The second-order valence-electron chi connectivity index (χ2n) is 6.30. The number of aryl methyl sites for hydroxylation is 3. The van der Waals surface area contributed by atoms with E-state index in [0.717, 1.165) is 11.3 Å². The molecule has 0 saturated heterocycles. The molecule has 0 atom stereocenters. The number of fused-ring (bicyclic) bond motifs is 1. The minimum atomic E-state index is 0.100. The van der Waals surface area contributed by atoms with Gasteiger partial charge in [0, 0.05) is 23.7 Å². The predicted octanol–water partition coefficient (Wildman–Crippen LogP) is 4.08. The average molecular weight is 284 g/mol. The lowest BCUT2D eigenvalue weighted by Gasteiger charge is -2.24. The highest BCUT2D eigenvalue weighted by molar-refractivity contribution is 5.83. The average Bonchev–Trinajstić information content (AvgIpc) is 2.47. The summed E-state index contributed by atoms with van der Waals surface area (Å²) in [6.45, 7) is 6.84. The van der Waals surface area contributed by atoms with Crippen molar-refractivity contribution in [3.63, 3.8) is 0 Å². The number of nitrogens with zero attached hydrogens (tertiary/aromatic N) is 2. The van der Waals surface area contributed by atoms with Crippen LogP contribution in [0.25, 0.3) is 11.0 Å². The molecule has 1 aliphatic rings. The molecule has 0 N–H and O–H groups in total. The molecule has 112 valence electrons. The van der Waals surface area contributed by atoms with Crippen molar-refractivity contribution in [2.24, 2.45) is 0 Å². The van der Waals surface area contributed by atoms with E-state index in [1.807, 2.05) is 24.5 Å². The van der Waals surface area contributed by atoms with Crippen molar-refractivity contribution in [2.45, 2.75) is 65.3 Å². The van der Waals surface area contributed by atoms with Gasteiger partial charge in [0.05, 0.1) is 0 Å². The van der Waals surface area contributed by atoms with Crippen LogP contribution in [0.1, 0.15) is 61.8 Å². The Morgan fingerprint density at radius 2 is 1.90 bits per heavy atom. The lowest BCUT2D eigenvalue weighted by Crippen LogP contribution is -2.22. The molecular formula is C18H24N2O. The number of pyridine rings is 2. The minimum absolute atomic E-state index is 0.100. The van der Waals surface area contributed by atoms with Gasteiger partial charge in [-0.25, -0.2) is 4.98 Å². The number of rotatable bonds is 2. The van der Waals surface area contributed by atoms with Crippen LogP contribution in [-0.4, -0.2) is 9.55 Å². The van der Waals surface area contributed by atoms with Crippen molar-refractivity contribution >= 4 is 11.0 Å². The van der Waals surface area contributed by atoms with Gasteiger partial charge in [-0.2, -0.15) is 0 Å². The van der Waals surface area contributed by atoms with E-state index >= 15 is 0 Å². The van der Waals surface area contributed by atoms with Crippen molar-refractivity contribution in [2.75, 3.05) is 0 Å². The fraction of sp³-hybridized carbons (Fsp3) is 0.556. The van der Waals surface area contributed by atoms with Crippen molar-refractivity contribution in [1.29, 1.82) is 0 Å². The van der Waals surface area contributed by atoms with E-state index in [0.29, 0.717) is 12.5 Å². The van der Waals surface area contributed by atoms with E-state index < -0.39 is 0 Å². The molecule has 21 heavy (non-hydrogen) atoms. The maximum atomic E-state index is 12.5. The summed E-state index contributed by atoms with van der Waals surface area (Å²) >= 11 is 0. The van der Waals surface area contributed by atoms with Gasteiger partial charge in [-0.1, -0.05) is 19.3 Å². The fourth-order valence-electron chi connectivity index (χ4n) is 3.80. The van der Waals surface area contributed by atoms with Gasteiger partial charge in [0.15, 0.2) is 0 Å². The molecule has 0 aromatic carbocycles. The van der Waals surface area contributed by atoms with Gasteiger partial charge < -0.3 is 0 Å². The van der Waals surface area contributed by atoms with Crippen LogP contribution in [0.4, 0.5) is 0 Å². The standard InChI is InChI=1S/C18H24N2O/c1-4-20-16(21)11-15(14-8-6-5-7-9-14)17-12(2)10-13(3)19-18(17)20/h10-11,14H,4-9H2,1-3H3. The third kappa shape index (κ3) is 2.50. The van der Waals surface area contributed by atoms with Crippen LogP contribution in [0.3, 0.4) is 0 Å². The molecule has 0 bridgehead atoms. The summed E-state index contributed by atoms with van der Waals surface area (Å²) in [7, 11) is 0. The van der Waals surface area contributed by atoms with Crippen LogP contribution in [0.5, 0.6) is 0 Å². The van der Waals surface area contributed by atoms with Gasteiger partial charge in [0.2, 0.25) is 0 Å². The van der Waals surface area contributed by atoms with Gasteiger partial charge in [-0.3, -0.25) is 9.36 Å². The van der Waals surface area contributed by atoms with E-state index in [1.165, 1.54) is 48.6 Å². The molecule has 0 spiro atoms. The molecule has 0 aliphatic heterocycles. The molecule has 2 aromatic heterocycles. The van der Waals surface area contributed by atoms with Gasteiger partial charge in [0.1, 0.15) is 5.65 Å². The Morgan fingerprint density at radius 1 is 1.19 bits per heavy atom. The van der Waals surface area contributed by atoms with Crippen LogP contribution in [-0.2, 0) is 6.54 Å². The van der Waals surface area contributed by atoms with Crippen molar-refractivity contribution < 1.29 is 0 Å². The smallest absolute Gasteiger partial charge is 0.252 e. The van der Waals surface area contributed by atoms with Gasteiger partial charge in [0.25, 0.3) is 5.56 Å². The Bertz CT molecular complexity index is 724. The normalized spacial score (nSPS) is 16.5. The zero-order valence-corrected chi connectivity index (χ0v) is 13.3. The Kier molecular flexibility index (Phi) is 3.83. The summed E-state index contributed by atoms with van der Waals surface area (Å²) < 4.78 is 1.81. The van der Waals surface area contributed by atoms with Crippen molar-refractivity contribution in [3.8, 4) is 0 Å². The quantitative estimate of drug-likeness (QED) is 0.833. The lowest BCUT2D eigenvalue weighted by atomic mass is 9.82. The summed E-state index contributed by atoms with van der Waals surface area (Å²) in [5, 5.41) is 1.22. The first-order valence-electron chi connectivity index (χ1n) is 8.13. The summed E-state index contributed by atoms with van der Waals surface area (Å²) in [5.41, 5.74) is 4.46. The third-order valence-corrected chi connectivity index (χ3v) is 4.78. The van der Waals surface area contributed by atoms with Crippen LogP contribution >= 0.6 is 0 Å². The highest BCUT2D eigenvalue weighted by Gasteiger charge is 2.21. The third-order valence-electron chi connectivity index (χ3n) is 4.78. The summed E-state index contributed by atoms with van der Waals surface area (Å²) in [6.07, 6.45) is 6.30. The predicted molar refractivity (Wildman–Crippen MR) is 87.0 cm³/mol. The molecular weight excluding hydrogens is 260 g/mol. The topological polar surface area (TPSA) is 34.9 Å². The second kappa shape index (κ2) is 5.63. The first kappa shape index (κ1) is 14.3. The van der Waals surface area contributed by atoms with E-state index in [1.54, 1.807) is 0 Å². The monoisotopic (exact) mass is 284 g/mol. The second-order valence-corrected chi connectivity index (χ2v) is 6.30. The van der Waals surface area contributed by atoms with Gasteiger partial charge in [-0.15, -0.1) is 0 Å². The molecule has 0 amide bonds. The molecule has 1 aliphatic carbocycles. The fourth-order valence-corrected chi connectivity index (χ4v) is 3.80. The largest absolute Gasteiger partial charge is 0.293 e. The summed E-state index contributed by atoms with van der Waals surface area (Å²) in [4.78, 5) is 17.2. The molecule has 1 saturated carbocycles. The highest BCUT2D eigenvalue weighted by Crippen LogP contribution is 2.36. The van der Waals surface area contributed by atoms with Crippen molar-refractivity contribution in [1.82, 2.24) is 9.55 Å². The highest BCUT2D eigenvalue weighted by atomic mass is 16.1. The SMILES string of the molecule is CCn1c(=O)cc(C2CCCCC2)c2c(C)cc(C)nc21. The Hall–Kier alpha value is -1.64. The molecule has 3 heteroatoms. The maximum absolute atomic E-state index is 12.5. The van der Waals surface area contributed by atoms with Crippen LogP contribution < -0.4 is 5.56 Å². The van der Waals surface area contributed by atoms with Crippen molar-refractivity contribution in [3.05, 3.63) is 39.3 Å². The Labute approximate surface area is 126 Å². The van der Waals surface area contributed by atoms with E-state index in [4.69, 9.17) is 0 Å². The first-order chi connectivity index (χ1) is 10.1. The van der Waals surface area contributed by atoms with E-state index in [-0.39, 0.29) is 5.56 Å². The molecule has 0 radical (unpaired) electrons. The lowest BCUT2D eigenvalue weighted by molar-refractivity contribution is 0.444. The van der Waals surface area contributed by atoms with Crippen LogP contribution in [0.2, 0.25) is 0 Å². The first-order valence-corrected chi connectivity index (χ1v) is 8.13. The summed E-state index contributed by atoms with van der Waals surface area (Å²) in [6, 6.07) is 4.02. The minimum Gasteiger partial charge on any atom is -0.293 e.